The number of anilines is 3. The van der Waals surface area contributed by atoms with Gasteiger partial charge in [-0.1, -0.05) is 0 Å². The van der Waals surface area contributed by atoms with Crippen molar-refractivity contribution in [2.24, 2.45) is 0 Å². The van der Waals surface area contributed by atoms with E-state index in [-0.39, 0.29) is 0 Å². The number of fused-ring (bicyclic) bond motifs is 3. The van der Waals surface area contributed by atoms with Gasteiger partial charge < -0.3 is 15.4 Å². The maximum Gasteiger partial charge on any atom is 0.225 e. The van der Waals surface area contributed by atoms with Crippen molar-refractivity contribution in [2.45, 2.75) is 57.2 Å². The summed E-state index contributed by atoms with van der Waals surface area (Å²) in [6.45, 7) is 2.84. The van der Waals surface area contributed by atoms with Crippen LogP contribution in [0.4, 0.5) is 17.6 Å². The lowest BCUT2D eigenvalue weighted by Gasteiger charge is -2.38. The summed E-state index contributed by atoms with van der Waals surface area (Å²) in [5, 5.41) is 24.0. The molecule has 0 saturated carbocycles. The number of aromatic nitrogens is 4. The molecule has 2 fully saturated rings. The van der Waals surface area contributed by atoms with Crippen LogP contribution in [-0.4, -0.2) is 56.8 Å². The van der Waals surface area contributed by atoms with Gasteiger partial charge in [0.2, 0.25) is 5.95 Å². The van der Waals surface area contributed by atoms with Gasteiger partial charge in [-0.15, -0.1) is 0 Å². The Morgan fingerprint density at radius 3 is 2.72 bits per heavy atom. The Labute approximate surface area is 187 Å². The molecular formula is C23H28N8O. The Bertz CT molecular complexity index is 1140. The predicted molar refractivity (Wildman–Crippen MR) is 123 cm³/mol. The molecule has 0 unspecified atom stereocenters. The maximum atomic E-state index is 8.97. The van der Waals surface area contributed by atoms with Crippen molar-refractivity contribution in [1.82, 2.24) is 25.1 Å². The Morgan fingerprint density at radius 2 is 2.03 bits per heavy atom. The van der Waals surface area contributed by atoms with Crippen molar-refractivity contribution in [3.63, 3.8) is 0 Å². The zero-order valence-electron chi connectivity index (χ0n) is 18.4. The molecule has 9 heteroatoms. The highest BCUT2D eigenvalue weighted by atomic mass is 16.5. The lowest BCUT2D eigenvalue weighted by atomic mass is 9.97. The average molecular weight is 433 g/mol. The van der Waals surface area contributed by atoms with Gasteiger partial charge in [0.1, 0.15) is 11.6 Å². The second kappa shape index (κ2) is 8.63. The van der Waals surface area contributed by atoms with Crippen LogP contribution in [0.3, 0.4) is 0 Å². The van der Waals surface area contributed by atoms with Crippen molar-refractivity contribution < 1.29 is 4.74 Å². The summed E-state index contributed by atoms with van der Waals surface area (Å²) in [7, 11) is 1.66. The lowest BCUT2D eigenvalue weighted by Crippen LogP contribution is -2.47. The van der Waals surface area contributed by atoms with Crippen molar-refractivity contribution in [3.05, 3.63) is 30.0 Å². The van der Waals surface area contributed by atoms with Gasteiger partial charge in [-0.05, 0) is 44.7 Å². The molecule has 1 aromatic carbocycles. The Morgan fingerprint density at radius 1 is 1.22 bits per heavy atom. The minimum atomic E-state index is 0.314. The van der Waals surface area contributed by atoms with Crippen LogP contribution < -0.4 is 15.4 Å². The summed E-state index contributed by atoms with van der Waals surface area (Å²) in [5.41, 5.74) is 1.79. The molecule has 9 nitrogen and oxygen atoms in total. The number of aryl methyl sites for hydroxylation is 1. The van der Waals surface area contributed by atoms with Crippen molar-refractivity contribution in [1.29, 1.82) is 5.26 Å². The van der Waals surface area contributed by atoms with Crippen LogP contribution in [-0.2, 0) is 0 Å². The predicted octanol–water partition coefficient (Wildman–Crippen LogP) is 3.73. The molecule has 2 saturated heterocycles. The molecule has 3 aromatic rings. The van der Waals surface area contributed by atoms with Gasteiger partial charge in [-0.3, -0.25) is 10.00 Å². The molecule has 0 radical (unpaired) electrons. The SMILES string of the molecule is COc1ccc2c(Nc3cc(C)[nH]n3)nc(N[C@@H]3C[C@H]4CC[C@@H](C3)N4CCC#N)nc2c1. The first-order valence-corrected chi connectivity index (χ1v) is 11.2. The number of nitriles is 1. The van der Waals surface area contributed by atoms with E-state index in [0.29, 0.717) is 42.1 Å². The highest BCUT2D eigenvalue weighted by Crippen LogP contribution is 2.37. The van der Waals surface area contributed by atoms with Crippen LogP contribution in [0.25, 0.3) is 10.9 Å². The first-order chi connectivity index (χ1) is 15.6. The van der Waals surface area contributed by atoms with Gasteiger partial charge in [-0.25, -0.2) is 4.98 Å². The molecule has 3 N–H and O–H groups in total. The molecule has 0 aliphatic carbocycles. The molecule has 2 aromatic heterocycles. The molecule has 32 heavy (non-hydrogen) atoms. The first-order valence-electron chi connectivity index (χ1n) is 11.2. The quantitative estimate of drug-likeness (QED) is 0.517. The zero-order chi connectivity index (χ0) is 22.1. The number of methoxy groups -OCH3 is 1. The second-order valence-electron chi connectivity index (χ2n) is 8.68. The monoisotopic (exact) mass is 432 g/mol. The van der Waals surface area contributed by atoms with E-state index in [4.69, 9.17) is 20.0 Å². The molecule has 3 atom stereocenters. The topological polar surface area (TPSA) is 115 Å². The van der Waals surface area contributed by atoms with Gasteiger partial charge in [-0.2, -0.15) is 15.3 Å². The van der Waals surface area contributed by atoms with Gasteiger partial charge in [0.25, 0.3) is 0 Å². The molecule has 5 rings (SSSR count). The minimum absolute atomic E-state index is 0.314. The summed E-state index contributed by atoms with van der Waals surface area (Å²) in [5.74, 6) is 2.79. The fraction of sp³-hybridized carbons (Fsp3) is 0.478. The summed E-state index contributed by atoms with van der Waals surface area (Å²) < 4.78 is 5.41. The Hall–Kier alpha value is -3.38. The lowest BCUT2D eigenvalue weighted by molar-refractivity contribution is 0.135. The van der Waals surface area contributed by atoms with E-state index in [1.807, 2.05) is 31.2 Å². The number of rotatable bonds is 7. The van der Waals surface area contributed by atoms with Crippen LogP contribution in [0.1, 0.15) is 37.8 Å². The van der Waals surface area contributed by atoms with E-state index in [1.165, 1.54) is 12.8 Å². The maximum absolute atomic E-state index is 8.97. The van der Waals surface area contributed by atoms with E-state index < -0.39 is 0 Å². The molecule has 2 aliphatic heterocycles. The van der Waals surface area contributed by atoms with Crippen LogP contribution in [0, 0.1) is 18.3 Å². The molecule has 2 aliphatic rings. The minimum Gasteiger partial charge on any atom is -0.497 e. The number of nitrogens with zero attached hydrogens (tertiary/aromatic N) is 5. The Kier molecular flexibility index (Phi) is 5.53. The fourth-order valence-corrected chi connectivity index (χ4v) is 5.12. The van der Waals surface area contributed by atoms with E-state index in [0.717, 1.165) is 41.7 Å². The number of hydrogen-bond donors (Lipinski definition) is 3. The van der Waals surface area contributed by atoms with Crippen LogP contribution in [0.5, 0.6) is 5.75 Å². The van der Waals surface area contributed by atoms with Crippen molar-refractivity contribution in [2.75, 3.05) is 24.3 Å². The Balaban J connectivity index is 1.41. The third-order valence-corrected chi connectivity index (χ3v) is 6.56. The molecule has 0 amide bonds. The van der Waals surface area contributed by atoms with Crippen LogP contribution in [0.15, 0.2) is 24.3 Å². The van der Waals surface area contributed by atoms with Gasteiger partial charge in [0.15, 0.2) is 5.82 Å². The van der Waals surface area contributed by atoms with Crippen LogP contribution >= 0.6 is 0 Å². The third-order valence-electron chi connectivity index (χ3n) is 6.56. The van der Waals surface area contributed by atoms with Crippen molar-refractivity contribution in [3.8, 4) is 11.8 Å². The van der Waals surface area contributed by atoms with E-state index in [1.54, 1.807) is 7.11 Å². The molecule has 0 spiro atoms. The van der Waals surface area contributed by atoms with Crippen molar-refractivity contribution >= 4 is 28.5 Å². The number of piperidine rings is 1. The number of ether oxygens (including phenoxy) is 1. The smallest absolute Gasteiger partial charge is 0.225 e. The average Bonchev–Trinajstić information content (AvgIpc) is 3.30. The number of aromatic amines is 1. The highest BCUT2D eigenvalue weighted by Gasteiger charge is 2.40. The molecule has 2 bridgehead atoms. The fourth-order valence-electron chi connectivity index (χ4n) is 5.12. The van der Waals surface area contributed by atoms with E-state index in [2.05, 4.69) is 31.8 Å². The first kappa shape index (κ1) is 20.5. The molecular weight excluding hydrogens is 404 g/mol. The van der Waals surface area contributed by atoms with Crippen LogP contribution in [0.2, 0.25) is 0 Å². The van der Waals surface area contributed by atoms with Gasteiger partial charge >= 0.3 is 0 Å². The third kappa shape index (κ3) is 4.06. The second-order valence-corrected chi connectivity index (χ2v) is 8.68. The number of hydrogen-bond acceptors (Lipinski definition) is 8. The summed E-state index contributed by atoms with van der Waals surface area (Å²) >= 11 is 0. The number of nitrogens with one attached hydrogen (secondary N) is 3. The normalized spacial score (nSPS) is 22.6. The summed E-state index contributed by atoms with van der Waals surface area (Å²) in [4.78, 5) is 12.1. The van der Waals surface area contributed by atoms with Gasteiger partial charge in [0.05, 0.1) is 18.7 Å². The molecule has 4 heterocycles. The van der Waals surface area contributed by atoms with E-state index in [9.17, 15) is 0 Å². The molecule has 166 valence electrons. The number of benzene rings is 1. The number of H-pyrrole nitrogens is 1. The largest absolute Gasteiger partial charge is 0.497 e. The van der Waals surface area contributed by atoms with E-state index >= 15 is 0 Å². The summed E-state index contributed by atoms with van der Waals surface area (Å²) in [6.07, 6.45) is 5.10. The van der Waals surface area contributed by atoms with Gasteiger partial charge in [0, 0.05) is 54.3 Å². The highest BCUT2D eigenvalue weighted by molar-refractivity contribution is 5.92. The zero-order valence-corrected chi connectivity index (χ0v) is 18.4. The summed E-state index contributed by atoms with van der Waals surface area (Å²) in [6, 6.07) is 11.4. The standard InChI is InChI=1S/C23H28N8O/c1-14-10-21(30-29-14)27-22-19-7-6-18(32-2)13-20(19)26-23(28-22)25-15-11-16-4-5-17(12-15)31(16)9-3-8-24/h6-7,10,13,15-17H,3-5,9,11-12H2,1-2H3,(H3,25,26,27,28,29,30)/t15-,16-,17+.